The molecule has 1 aliphatic rings. The van der Waals surface area contributed by atoms with Crippen LogP contribution in [0.15, 0.2) is 10.6 Å². The Hall–Kier alpha value is -2.59. The molecule has 0 radical (unpaired) electrons. The quantitative estimate of drug-likeness (QED) is 0.355. The molecule has 2 heterocycles. The van der Waals surface area contributed by atoms with Crippen molar-refractivity contribution < 1.29 is 33.2 Å². The summed E-state index contributed by atoms with van der Waals surface area (Å²) >= 11 is 0. The molecule has 196 valence electrons. The van der Waals surface area contributed by atoms with Crippen LogP contribution in [0.3, 0.4) is 0 Å². The molecule has 0 aliphatic carbocycles. The van der Waals surface area contributed by atoms with E-state index in [1.165, 1.54) is 13.2 Å². The highest BCUT2D eigenvalue weighted by Gasteiger charge is 2.50. The van der Waals surface area contributed by atoms with Crippen molar-refractivity contribution in [3.8, 4) is 0 Å². The van der Waals surface area contributed by atoms with E-state index in [9.17, 15) is 19.2 Å². The molecule has 4 atom stereocenters. The van der Waals surface area contributed by atoms with Crippen molar-refractivity contribution in [1.29, 1.82) is 0 Å². The molecular weight excluding hydrogens is 454 g/mol. The van der Waals surface area contributed by atoms with Gasteiger partial charge in [0.1, 0.15) is 17.4 Å². The normalized spacial score (nSPS) is 19.8. The number of amides is 2. The number of carbonyl (C=O) groups is 4. The molecule has 0 bridgehead atoms. The molecule has 1 aromatic heterocycles. The van der Waals surface area contributed by atoms with Crippen LogP contribution in [0, 0.1) is 24.7 Å². The van der Waals surface area contributed by atoms with Gasteiger partial charge in [0.2, 0.25) is 5.91 Å². The van der Waals surface area contributed by atoms with E-state index in [0.717, 1.165) is 0 Å². The van der Waals surface area contributed by atoms with Crippen LogP contribution in [-0.4, -0.2) is 66.5 Å². The van der Waals surface area contributed by atoms with Crippen molar-refractivity contribution in [2.24, 2.45) is 17.8 Å². The molecule has 1 saturated heterocycles. The first kappa shape index (κ1) is 28.6. The number of carbonyl (C=O) groups excluding carboxylic acids is 4. The van der Waals surface area contributed by atoms with Gasteiger partial charge in [0, 0.05) is 25.5 Å². The number of Topliss-reactive ketones (excluding diaryl/α,β-unsaturated/α-hetero) is 2. The minimum atomic E-state index is -0.959. The first-order valence-electron chi connectivity index (χ1n) is 12.1. The van der Waals surface area contributed by atoms with Crippen molar-refractivity contribution >= 4 is 23.4 Å². The zero-order valence-electron chi connectivity index (χ0n) is 21.8. The van der Waals surface area contributed by atoms with Crippen LogP contribution >= 0.6 is 0 Å². The van der Waals surface area contributed by atoms with Crippen LogP contribution in [-0.2, 0) is 23.9 Å². The van der Waals surface area contributed by atoms with Crippen LogP contribution in [0.25, 0.3) is 0 Å². The molecule has 0 spiro atoms. The Kier molecular flexibility index (Phi) is 10.1. The smallest absolute Gasteiger partial charge is 0.274 e. The maximum absolute atomic E-state index is 13.3. The third-order valence-corrected chi connectivity index (χ3v) is 5.90. The van der Waals surface area contributed by atoms with Gasteiger partial charge in [0.15, 0.2) is 17.3 Å². The summed E-state index contributed by atoms with van der Waals surface area (Å²) in [4.78, 5) is 51.9. The average molecular weight is 494 g/mol. The number of methoxy groups -OCH3 is 1. The summed E-state index contributed by atoms with van der Waals surface area (Å²) in [6.07, 6.45) is 0.821. The molecule has 2 rings (SSSR count). The number of epoxide rings is 1. The Morgan fingerprint density at radius 2 is 1.71 bits per heavy atom. The minimum Gasteiger partial charge on any atom is -0.382 e. The Morgan fingerprint density at radius 1 is 1.09 bits per heavy atom. The molecule has 1 aliphatic heterocycles. The predicted molar refractivity (Wildman–Crippen MR) is 128 cm³/mol. The highest BCUT2D eigenvalue weighted by Crippen LogP contribution is 2.30. The zero-order valence-corrected chi connectivity index (χ0v) is 21.8. The van der Waals surface area contributed by atoms with Crippen molar-refractivity contribution in [2.45, 2.75) is 78.5 Å². The monoisotopic (exact) mass is 493 g/mol. The minimum absolute atomic E-state index is 0.0540. The van der Waals surface area contributed by atoms with Gasteiger partial charge in [-0.3, -0.25) is 19.2 Å². The fourth-order valence-electron chi connectivity index (χ4n) is 3.94. The molecule has 10 heteroatoms. The topological polar surface area (TPSA) is 140 Å². The molecular formula is C25H39N3O7. The lowest BCUT2D eigenvalue weighted by atomic mass is 9.88. The van der Waals surface area contributed by atoms with Gasteiger partial charge in [0.05, 0.1) is 19.3 Å². The van der Waals surface area contributed by atoms with E-state index in [1.54, 1.807) is 13.8 Å². The van der Waals surface area contributed by atoms with Gasteiger partial charge >= 0.3 is 0 Å². The fourth-order valence-corrected chi connectivity index (χ4v) is 3.94. The second kappa shape index (κ2) is 12.4. The number of ketones is 2. The third-order valence-electron chi connectivity index (χ3n) is 5.90. The van der Waals surface area contributed by atoms with Crippen LogP contribution in [0.1, 0.15) is 70.1 Å². The number of ether oxygens (including phenoxy) is 2. The van der Waals surface area contributed by atoms with Gasteiger partial charge in [-0.2, -0.15) is 0 Å². The van der Waals surface area contributed by atoms with Crippen LogP contribution in [0.4, 0.5) is 0 Å². The van der Waals surface area contributed by atoms with E-state index in [-0.39, 0.29) is 48.0 Å². The first-order valence-corrected chi connectivity index (χ1v) is 12.1. The van der Waals surface area contributed by atoms with Gasteiger partial charge < -0.3 is 24.6 Å². The van der Waals surface area contributed by atoms with Gasteiger partial charge in [0.25, 0.3) is 5.91 Å². The highest BCUT2D eigenvalue weighted by molar-refractivity contribution is 5.99. The number of hydrogen-bond acceptors (Lipinski definition) is 8. The molecule has 1 fully saturated rings. The fraction of sp³-hybridized carbons (Fsp3) is 0.720. The largest absolute Gasteiger partial charge is 0.382 e. The van der Waals surface area contributed by atoms with Gasteiger partial charge in [-0.05, 0) is 38.5 Å². The highest BCUT2D eigenvalue weighted by atomic mass is 16.6. The predicted octanol–water partition coefficient (Wildman–Crippen LogP) is 2.24. The first-order chi connectivity index (χ1) is 16.4. The number of rotatable bonds is 15. The standard InChI is InChI=1S/C25H39N3O7/c1-14(2)8-17(23(31)26-18(9-15(3)4)22(30)25(6)13-34-25)11-21(29)20(12-33-7)27-24(32)19-10-16(5)35-28-19/h10,14-15,17-18,20H,8-9,11-13H2,1-7H3,(H,26,31)(H,27,32)/t17-,18+,20+,25-/m1/s1. The van der Waals surface area contributed by atoms with Crippen molar-refractivity contribution in [3.05, 3.63) is 17.5 Å². The molecule has 0 saturated carbocycles. The summed E-state index contributed by atoms with van der Waals surface area (Å²) < 4.78 is 15.4. The number of nitrogens with one attached hydrogen (secondary N) is 2. The summed E-state index contributed by atoms with van der Waals surface area (Å²) in [5.74, 6) is -1.30. The maximum Gasteiger partial charge on any atom is 0.274 e. The molecule has 35 heavy (non-hydrogen) atoms. The zero-order chi connectivity index (χ0) is 26.3. The van der Waals surface area contributed by atoms with Gasteiger partial charge in [-0.1, -0.05) is 32.9 Å². The lowest BCUT2D eigenvalue weighted by Gasteiger charge is -2.26. The number of hydrogen-bond donors (Lipinski definition) is 2. The lowest BCUT2D eigenvalue weighted by Crippen LogP contribution is -2.50. The second-order valence-electron chi connectivity index (χ2n) is 10.4. The summed E-state index contributed by atoms with van der Waals surface area (Å²) in [5, 5.41) is 9.17. The summed E-state index contributed by atoms with van der Waals surface area (Å²) in [5.41, 5.74) is -0.803. The summed E-state index contributed by atoms with van der Waals surface area (Å²) in [6, 6.07) is -0.183. The second-order valence-corrected chi connectivity index (χ2v) is 10.4. The van der Waals surface area contributed by atoms with Crippen LogP contribution in [0.2, 0.25) is 0 Å². The molecule has 0 aromatic carbocycles. The number of nitrogens with zero attached hydrogens (tertiary/aromatic N) is 1. The molecule has 2 N–H and O–H groups in total. The average Bonchev–Trinajstić information content (AvgIpc) is 3.37. The van der Waals surface area contributed by atoms with Crippen molar-refractivity contribution in [1.82, 2.24) is 15.8 Å². The Balaban J connectivity index is 2.13. The van der Waals surface area contributed by atoms with Crippen molar-refractivity contribution in [2.75, 3.05) is 20.3 Å². The number of aryl methyl sites for hydroxylation is 1. The summed E-state index contributed by atoms with van der Waals surface area (Å²) in [7, 11) is 1.42. The van der Waals surface area contributed by atoms with E-state index in [1.807, 2.05) is 27.7 Å². The van der Waals surface area contributed by atoms with Crippen molar-refractivity contribution in [3.63, 3.8) is 0 Å². The van der Waals surface area contributed by atoms with E-state index < -0.39 is 29.5 Å². The molecule has 2 amide bonds. The van der Waals surface area contributed by atoms with Crippen LogP contribution in [0.5, 0.6) is 0 Å². The van der Waals surface area contributed by atoms with Crippen LogP contribution < -0.4 is 10.6 Å². The molecule has 0 unspecified atom stereocenters. The Morgan fingerprint density at radius 3 is 2.20 bits per heavy atom. The third kappa shape index (κ3) is 8.54. The SMILES string of the molecule is COC[C@H](NC(=O)c1cc(C)on1)C(=O)C[C@@H](CC(C)C)C(=O)N[C@@H](CC(C)C)C(=O)[C@@]1(C)CO1. The Bertz CT molecular complexity index is 905. The van der Waals surface area contributed by atoms with E-state index in [2.05, 4.69) is 15.8 Å². The van der Waals surface area contributed by atoms with E-state index in [4.69, 9.17) is 14.0 Å². The van der Waals surface area contributed by atoms with Gasteiger partial charge in [-0.25, -0.2) is 0 Å². The summed E-state index contributed by atoms with van der Waals surface area (Å²) in [6.45, 7) is 11.5. The Labute approximate surface area is 206 Å². The van der Waals surface area contributed by atoms with Gasteiger partial charge in [-0.15, -0.1) is 0 Å². The lowest BCUT2D eigenvalue weighted by molar-refractivity contribution is -0.135. The number of aromatic nitrogens is 1. The molecule has 1 aromatic rings. The van der Waals surface area contributed by atoms with E-state index >= 15 is 0 Å². The molecule has 10 nitrogen and oxygen atoms in total. The van der Waals surface area contributed by atoms with E-state index in [0.29, 0.717) is 25.2 Å². The maximum atomic E-state index is 13.3.